The topological polar surface area (TPSA) is 46.3 Å². The number of fused-ring (bicyclic) bond motifs is 2. The van der Waals surface area contributed by atoms with Crippen molar-refractivity contribution in [2.45, 2.75) is 39.8 Å². The van der Waals surface area contributed by atoms with E-state index in [9.17, 15) is 0 Å². The van der Waals surface area contributed by atoms with Crippen molar-refractivity contribution < 1.29 is 0 Å². The van der Waals surface area contributed by atoms with E-state index in [4.69, 9.17) is 9.97 Å². The Morgan fingerprint density at radius 3 is 3.00 bits per heavy atom. The highest BCUT2D eigenvalue weighted by molar-refractivity contribution is 5.47. The number of hydrogen-bond acceptors (Lipinski definition) is 4. The molecule has 0 atom stereocenters. The predicted octanol–water partition coefficient (Wildman–Crippen LogP) is 2.55. The van der Waals surface area contributed by atoms with Gasteiger partial charge in [-0.3, -0.25) is 4.90 Å². The fraction of sp³-hybridized carbons (Fsp3) is 0.389. The molecular weight excluding hydrogens is 286 g/mol. The van der Waals surface area contributed by atoms with Crippen molar-refractivity contribution in [2.75, 3.05) is 6.54 Å². The Morgan fingerprint density at radius 2 is 2.17 bits per heavy atom. The maximum atomic E-state index is 4.78. The first kappa shape index (κ1) is 14.3. The molecule has 0 saturated heterocycles. The van der Waals surface area contributed by atoms with E-state index in [-0.39, 0.29) is 0 Å². The second-order valence-corrected chi connectivity index (χ2v) is 6.23. The predicted molar refractivity (Wildman–Crippen MR) is 89.2 cm³/mol. The average molecular weight is 307 g/mol. The van der Waals surface area contributed by atoms with E-state index >= 15 is 0 Å². The van der Waals surface area contributed by atoms with E-state index in [1.54, 1.807) is 0 Å². The van der Waals surface area contributed by atoms with Crippen LogP contribution in [0.15, 0.2) is 30.7 Å². The maximum Gasteiger partial charge on any atom is 0.139 e. The average Bonchev–Trinajstić information content (AvgIpc) is 2.98. The van der Waals surface area contributed by atoms with Crippen LogP contribution in [0.2, 0.25) is 0 Å². The first-order valence-electron chi connectivity index (χ1n) is 8.22. The molecule has 0 aromatic carbocycles. The molecule has 3 aromatic rings. The number of imidazole rings is 1. The first-order chi connectivity index (χ1) is 11.2. The fourth-order valence-corrected chi connectivity index (χ4v) is 3.21. The van der Waals surface area contributed by atoms with Gasteiger partial charge in [0.15, 0.2) is 0 Å². The molecule has 0 aliphatic carbocycles. The zero-order valence-corrected chi connectivity index (χ0v) is 13.7. The van der Waals surface area contributed by atoms with Crippen LogP contribution in [0.3, 0.4) is 0 Å². The van der Waals surface area contributed by atoms with Gasteiger partial charge in [0, 0.05) is 44.6 Å². The quantitative estimate of drug-likeness (QED) is 0.746. The number of hydrogen-bond donors (Lipinski definition) is 0. The minimum Gasteiger partial charge on any atom is -0.307 e. The Labute approximate surface area is 136 Å². The summed E-state index contributed by atoms with van der Waals surface area (Å²) in [5.41, 5.74) is 5.86. The number of aromatic nitrogens is 4. The van der Waals surface area contributed by atoms with Crippen molar-refractivity contribution in [3.05, 3.63) is 59.1 Å². The van der Waals surface area contributed by atoms with Crippen LogP contribution in [0.1, 0.15) is 35.3 Å². The first-order valence-corrected chi connectivity index (χ1v) is 8.22. The number of nitrogens with zero attached hydrogens (tertiary/aromatic N) is 5. The molecule has 1 aliphatic heterocycles. The third kappa shape index (κ3) is 2.72. The molecule has 4 rings (SSSR count). The summed E-state index contributed by atoms with van der Waals surface area (Å²) in [4.78, 5) is 16.3. The molecule has 1 aliphatic rings. The van der Waals surface area contributed by atoms with E-state index in [0.717, 1.165) is 49.6 Å². The lowest BCUT2D eigenvalue weighted by Gasteiger charge is -2.27. The lowest BCUT2D eigenvalue weighted by atomic mass is 10.1. The third-order valence-corrected chi connectivity index (χ3v) is 4.50. The molecule has 0 unspecified atom stereocenters. The molecule has 3 aromatic heterocycles. The summed E-state index contributed by atoms with van der Waals surface area (Å²) in [6, 6.07) is 4.17. The molecule has 118 valence electrons. The van der Waals surface area contributed by atoms with Crippen LogP contribution in [0.5, 0.6) is 0 Å². The highest BCUT2D eigenvalue weighted by Crippen LogP contribution is 2.19. The normalized spacial score (nSPS) is 15.0. The molecule has 0 N–H and O–H groups in total. The SMILES string of the molecule is CCc1ncc2c(n1)CN(Cc1cn3cccc(C)c3n1)CC2. The number of aryl methyl sites for hydroxylation is 2. The van der Waals surface area contributed by atoms with Crippen LogP contribution in [0.25, 0.3) is 5.65 Å². The van der Waals surface area contributed by atoms with Crippen molar-refractivity contribution in [3.8, 4) is 0 Å². The maximum absolute atomic E-state index is 4.78. The molecule has 0 bridgehead atoms. The molecule has 0 fully saturated rings. The van der Waals surface area contributed by atoms with Gasteiger partial charge in [0.1, 0.15) is 11.5 Å². The summed E-state index contributed by atoms with van der Waals surface area (Å²) in [5, 5.41) is 0. The molecule has 0 saturated carbocycles. The largest absolute Gasteiger partial charge is 0.307 e. The van der Waals surface area contributed by atoms with E-state index in [1.807, 2.05) is 6.20 Å². The van der Waals surface area contributed by atoms with Crippen LogP contribution in [-0.2, 0) is 25.9 Å². The van der Waals surface area contributed by atoms with Crippen LogP contribution >= 0.6 is 0 Å². The molecule has 0 spiro atoms. The Balaban J connectivity index is 1.55. The van der Waals surface area contributed by atoms with E-state index in [2.05, 4.69) is 52.7 Å². The van der Waals surface area contributed by atoms with Gasteiger partial charge in [0.05, 0.1) is 11.4 Å². The van der Waals surface area contributed by atoms with Crippen LogP contribution in [0.4, 0.5) is 0 Å². The van der Waals surface area contributed by atoms with Gasteiger partial charge in [-0.2, -0.15) is 0 Å². The molecule has 23 heavy (non-hydrogen) atoms. The zero-order valence-electron chi connectivity index (χ0n) is 13.7. The Kier molecular flexibility index (Phi) is 3.58. The summed E-state index contributed by atoms with van der Waals surface area (Å²) in [7, 11) is 0. The molecule has 0 amide bonds. The summed E-state index contributed by atoms with van der Waals surface area (Å²) in [6.07, 6.45) is 8.11. The van der Waals surface area contributed by atoms with Gasteiger partial charge in [-0.15, -0.1) is 0 Å². The highest BCUT2D eigenvalue weighted by Gasteiger charge is 2.19. The lowest BCUT2D eigenvalue weighted by Crippen LogP contribution is -2.31. The van der Waals surface area contributed by atoms with Gasteiger partial charge < -0.3 is 4.40 Å². The smallest absolute Gasteiger partial charge is 0.139 e. The monoisotopic (exact) mass is 307 g/mol. The molecule has 5 nitrogen and oxygen atoms in total. The molecule has 5 heteroatoms. The summed E-state index contributed by atoms with van der Waals surface area (Å²) >= 11 is 0. The van der Waals surface area contributed by atoms with Crippen molar-refractivity contribution >= 4 is 5.65 Å². The van der Waals surface area contributed by atoms with E-state index in [0.29, 0.717) is 0 Å². The van der Waals surface area contributed by atoms with Gasteiger partial charge >= 0.3 is 0 Å². The second kappa shape index (κ2) is 5.74. The van der Waals surface area contributed by atoms with Crippen molar-refractivity contribution in [1.82, 2.24) is 24.3 Å². The standard InChI is InChI=1S/C18H21N5/c1-3-17-19-9-14-6-8-22(12-16(14)21-17)10-15-11-23-7-4-5-13(2)18(23)20-15/h4-5,7,9,11H,3,6,8,10,12H2,1-2H3. The van der Waals surface area contributed by atoms with Gasteiger partial charge in [0.25, 0.3) is 0 Å². The van der Waals surface area contributed by atoms with Gasteiger partial charge in [-0.05, 0) is 30.5 Å². The lowest BCUT2D eigenvalue weighted by molar-refractivity contribution is 0.238. The van der Waals surface area contributed by atoms with Crippen molar-refractivity contribution in [2.24, 2.45) is 0 Å². The summed E-state index contributed by atoms with van der Waals surface area (Å²) in [6.45, 7) is 6.99. The Hall–Kier alpha value is -2.27. The highest BCUT2D eigenvalue weighted by atomic mass is 15.2. The van der Waals surface area contributed by atoms with Gasteiger partial charge in [0.2, 0.25) is 0 Å². The van der Waals surface area contributed by atoms with Crippen molar-refractivity contribution in [3.63, 3.8) is 0 Å². The summed E-state index contributed by atoms with van der Waals surface area (Å²) < 4.78 is 2.11. The van der Waals surface area contributed by atoms with E-state index in [1.165, 1.54) is 16.8 Å². The fourth-order valence-electron chi connectivity index (χ4n) is 3.21. The van der Waals surface area contributed by atoms with E-state index < -0.39 is 0 Å². The molecular formula is C18H21N5. The Bertz CT molecular complexity index is 852. The second-order valence-electron chi connectivity index (χ2n) is 6.23. The molecule has 4 heterocycles. The number of pyridine rings is 1. The van der Waals surface area contributed by atoms with Crippen LogP contribution < -0.4 is 0 Å². The Morgan fingerprint density at radius 1 is 1.26 bits per heavy atom. The van der Waals surface area contributed by atoms with Crippen LogP contribution in [-0.4, -0.2) is 30.8 Å². The minimum atomic E-state index is 0.867. The molecule has 0 radical (unpaired) electrons. The summed E-state index contributed by atoms with van der Waals surface area (Å²) in [5.74, 6) is 0.939. The number of rotatable bonds is 3. The van der Waals surface area contributed by atoms with Gasteiger partial charge in [-0.25, -0.2) is 15.0 Å². The van der Waals surface area contributed by atoms with Gasteiger partial charge in [-0.1, -0.05) is 13.0 Å². The van der Waals surface area contributed by atoms with Crippen molar-refractivity contribution in [1.29, 1.82) is 0 Å². The minimum absolute atomic E-state index is 0.867. The van der Waals surface area contributed by atoms with Crippen LogP contribution in [0, 0.1) is 6.92 Å². The third-order valence-electron chi connectivity index (χ3n) is 4.50. The zero-order chi connectivity index (χ0) is 15.8.